The summed E-state index contributed by atoms with van der Waals surface area (Å²) in [6.07, 6.45) is 6.40. The minimum absolute atomic E-state index is 0.230. The van der Waals surface area contributed by atoms with E-state index in [0.29, 0.717) is 30.3 Å². The molecule has 1 amide bonds. The molecule has 7 heteroatoms. The molecule has 29 heavy (non-hydrogen) atoms. The highest BCUT2D eigenvalue weighted by Crippen LogP contribution is 2.35. The van der Waals surface area contributed by atoms with E-state index in [4.69, 9.17) is 0 Å². The molecule has 154 valence electrons. The van der Waals surface area contributed by atoms with Crippen LogP contribution in [0.25, 0.3) is 0 Å². The zero-order chi connectivity index (χ0) is 20.3. The van der Waals surface area contributed by atoms with E-state index >= 15 is 0 Å². The van der Waals surface area contributed by atoms with Crippen molar-refractivity contribution in [2.24, 2.45) is 0 Å². The van der Waals surface area contributed by atoms with Gasteiger partial charge in [0.2, 0.25) is 15.9 Å². The predicted octanol–water partition coefficient (Wildman–Crippen LogP) is 4.51. The normalized spacial score (nSPS) is 20.8. The van der Waals surface area contributed by atoms with E-state index in [1.54, 1.807) is 30.3 Å². The number of sulfonamides is 1. The summed E-state index contributed by atoms with van der Waals surface area (Å²) in [5.74, 6) is -0.266. The van der Waals surface area contributed by atoms with Gasteiger partial charge < -0.3 is 5.32 Å². The van der Waals surface area contributed by atoms with Crippen LogP contribution in [0.4, 0.5) is 5.69 Å². The van der Waals surface area contributed by atoms with Gasteiger partial charge in [-0.05, 0) is 62.1 Å². The molecule has 0 spiro atoms. The third-order valence-electron chi connectivity index (χ3n) is 5.58. The number of thioether (sulfide) groups is 1. The molecule has 1 unspecified atom stereocenters. The molecule has 1 saturated heterocycles. The summed E-state index contributed by atoms with van der Waals surface area (Å²) in [5, 5.41) is 3.60. The van der Waals surface area contributed by atoms with Gasteiger partial charge in [0.05, 0.1) is 4.90 Å². The van der Waals surface area contributed by atoms with Crippen molar-refractivity contribution in [1.29, 1.82) is 0 Å². The van der Waals surface area contributed by atoms with Crippen LogP contribution in [0.2, 0.25) is 0 Å². The number of carbonyl (C=O) groups excluding carboxylic acids is 1. The van der Waals surface area contributed by atoms with Gasteiger partial charge in [0, 0.05) is 22.4 Å². The van der Waals surface area contributed by atoms with E-state index in [0.717, 1.165) is 0 Å². The third kappa shape index (κ3) is 4.68. The number of rotatable bonds is 6. The molecule has 0 aromatic heterocycles. The highest BCUT2D eigenvalue weighted by atomic mass is 32.2. The van der Waals surface area contributed by atoms with Crippen LogP contribution in [0.15, 0.2) is 64.4 Å². The molecule has 5 nitrogen and oxygen atoms in total. The second-order valence-electron chi connectivity index (χ2n) is 7.62. The average Bonchev–Trinajstić information content (AvgIpc) is 3.42. The van der Waals surface area contributed by atoms with Gasteiger partial charge >= 0.3 is 0 Å². The first-order valence-corrected chi connectivity index (χ1v) is 12.5. The fourth-order valence-corrected chi connectivity index (χ4v) is 6.98. The predicted molar refractivity (Wildman–Crippen MR) is 117 cm³/mol. The molecule has 1 aliphatic heterocycles. The molecule has 1 N–H and O–H groups in total. The van der Waals surface area contributed by atoms with Gasteiger partial charge in [-0.25, -0.2) is 8.42 Å². The van der Waals surface area contributed by atoms with Crippen LogP contribution in [-0.2, 0) is 14.8 Å². The van der Waals surface area contributed by atoms with Crippen molar-refractivity contribution in [2.45, 2.75) is 59.6 Å². The molecule has 2 fully saturated rings. The Morgan fingerprint density at radius 2 is 1.62 bits per heavy atom. The molecule has 0 bridgehead atoms. The monoisotopic (exact) mass is 430 g/mol. The standard InChI is InChI=1S/C22H26N2O3S2/c25-22(23-17-12-14-19(15-13-17)28-18-7-4-5-8-18)21-11-6-16-24(21)29(26,27)20-9-2-1-3-10-20/h1-3,9-10,12-15,18,21H,4-8,11,16H2,(H,23,25). The Balaban J connectivity index is 1.42. The molecule has 2 aromatic rings. The molecule has 1 aliphatic carbocycles. The summed E-state index contributed by atoms with van der Waals surface area (Å²) in [6, 6.07) is 15.5. The number of benzene rings is 2. The second kappa shape index (κ2) is 8.90. The van der Waals surface area contributed by atoms with Crippen molar-refractivity contribution in [3.63, 3.8) is 0 Å². The average molecular weight is 431 g/mol. The van der Waals surface area contributed by atoms with Gasteiger partial charge in [-0.3, -0.25) is 4.79 Å². The smallest absolute Gasteiger partial charge is 0.243 e. The molecule has 4 rings (SSSR count). The number of anilines is 1. The zero-order valence-electron chi connectivity index (χ0n) is 16.3. The van der Waals surface area contributed by atoms with Crippen molar-refractivity contribution in [3.8, 4) is 0 Å². The van der Waals surface area contributed by atoms with Crippen LogP contribution in [0.1, 0.15) is 38.5 Å². The number of carbonyl (C=O) groups is 1. The molecule has 1 heterocycles. The fraction of sp³-hybridized carbons (Fsp3) is 0.409. The van der Waals surface area contributed by atoms with Crippen molar-refractivity contribution >= 4 is 33.4 Å². The van der Waals surface area contributed by atoms with Crippen molar-refractivity contribution in [2.75, 3.05) is 11.9 Å². The fourth-order valence-electron chi connectivity index (χ4n) is 4.06. The highest BCUT2D eigenvalue weighted by Gasteiger charge is 2.39. The Kier molecular flexibility index (Phi) is 6.27. The number of amides is 1. The van der Waals surface area contributed by atoms with Gasteiger partial charge in [-0.1, -0.05) is 31.0 Å². The topological polar surface area (TPSA) is 66.5 Å². The number of hydrogen-bond acceptors (Lipinski definition) is 4. The summed E-state index contributed by atoms with van der Waals surface area (Å²) in [5.41, 5.74) is 0.703. The summed E-state index contributed by atoms with van der Waals surface area (Å²) in [4.78, 5) is 14.3. The van der Waals surface area contributed by atoms with E-state index in [9.17, 15) is 13.2 Å². The minimum atomic E-state index is -3.68. The summed E-state index contributed by atoms with van der Waals surface area (Å²) in [6.45, 7) is 0.367. The maximum atomic E-state index is 13.0. The molecule has 1 atom stereocenters. The SMILES string of the molecule is O=C(Nc1ccc(SC2CCCC2)cc1)C1CCCN1S(=O)(=O)c1ccccc1. The van der Waals surface area contributed by atoms with Gasteiger partial charge in [0.25, 0.3) is 0 Å². The van der Waals surface area contributed by atoms with Crippen molar-refractivity contribution in [1.82, 2.24) is 4.31 Å². The Morgan fingerprint density at radius 3 is 2.31 bits per heavy atom. The van der Waals surface area contributed by atoms with E-state index in [2.05, 4.69) is 5.32 Å². The lowest BCUT2D eigenvalue weighted by molar-refractivity contribution is -0.119. The Bertz CT molecular complexity index is 940. The lowest BCUT2D eigenvalue weighted by Gasteiger charge is -2.23. The van der Waals surface area contributed by atoms with Gasteiger partial charge in [0.1, 0.15) is 6.04 Å². The van der Waals surface area contributed by atoms with Crippen molar-refractivity contribution < 1.29 is 13.2 Å². The Hall–Kier alpha value is -1.83. The van der Waals surface area contributed by atoms with E-state index in [-0.39, 0.29) is 10.8 Å². The zero-order valence-corrected chi connectivity index (χ0v) is 17.9. The molecule has 2 aromatic carbocycles. The molecular formula is C22H26N2O3S2. The molecule has 1 saturated carbocycles. The summed E-state index contributed by atoms with van der Waals surface area (Å²) >= 11 is 1.91. The largest absolute Gasteiger partial charge is 0.325 e. The van der Waals surface area contributed by atoms with Crippen LogP contribution in [0.3, 0.4) is 0 Å². The third-order valence-corrected chi connectivity index (χ3v) is 8.85. The Morgan fingerprint density at radius 1 is 0.931 bits per heavy atom. The van der Waals surface area contributed by atoms with Gasteiger partial charge in [-0.15, -0.1) is 11.8 Å². The summed E-state index contributed by atoms with van der Waals surface area (Å²) < 4.78 is 27.2. The highest BCUT2D eigenvalue weighted by molar-refractivity contribution is 8.00. The van der Waals surface area contributed by atoms with Gasteiger partial charge in [0.15, 0.2) is 0 Å². The maximum Gasteiger partial charge on any atom is 0.243 e. The number of nitrogens with zero attached hydrogens (tertiary/aromatic N) is 1. The van der Waals surface area contributed by atoms with Crippen molar-refractivity contribution in [3.05, 3.63) is 54.6 Å². The van der Waals surface area contributed by atoms with Crippen LogP contribution >= 0.6 is 11.8 Å². The lowest BCUT2D eigenvalue weighted by atomic mass is 10.2. The number of nitrogens with one attached hydrogen (secondary N) is 1. The van der Waals surface area contributed by atoms with E-state index < -0.39 is 16.1 Å². The summed E-state index contributed by atoms with van der Waals surface area (Å²) in [7, 11) is -3.68. The van der Waals surface area contributed by atoms with Crippen LogP contribution in [0.5, 0.6) is 0 Å². The lowest BCUT2D eigenvalue weighted by Crippen LogP contribution is -2.43. The molecular weight excluding hydrogens is 404 g/mol. The first kappa shape index (κ1) is 20.4. The molecule has 2 aliphatic rings. The maximum absolute atomic E-state index is 13.0. The van der Waals surface area contributed by atoms with E-state index in [1.807, 2.05) is 36.0 Å². The molecule has 0 radical (unpaired) electrons. The second-order valence-corrected chi connectivity index (χ2v) is 10.9. The minimum Gasteiger partial charge on any atom is -0.325 e. The van der Waals surface area contributed by atoms with Crippen LogP contribution < -0.4 is 5.32 Å². The van der Waals surface area contributed by atoms with Gasteiger partial charge in [-0.2, -0.15) is 4.31 Å². The first-order valence-electron chi connectivity index (χ1n) is 10.2. The van der Waals surface area contributed by atoms with E-state index in [1.165, 1.54) is 34.9 Å². The first-order chi connectivity index (χ1) is 14.0. The quantitative estimate of drug-likeness (QED) is 0.732. The number of hydrogen-bond donors (Lipinski definition) is 1. The van der Waals surface area contributed by atoms with Crippen LogP contribution in [0, 0.1) is 0 Å². The Labute approximate surface area is 176 Å². The van der Waals surface area contributed by atoms with Crippen LogP contribution in [-0.4, -0.2) is 36.5 Å².